The maximum Gasteiger partial charge on any atom is 0.407 e. The Kier molecular flexibility index (Phi) is 16.2. The number of ether oxygens (including phenoxy) is 4. The highest BCUT2D eigenvalue weighted by Gasteiger charge is 2.16. The third kappa shape index (κ3) is 16.4. The van der Waals surface area contributed by atoms with Crippen LogP contribution in [0.5, 0.6) is 34.5 Å². The Balaban J connectivity index is 0.000000276. The summed E-state index contributed by atoms with van der Waals surface area (Å²) in [6, 6.07) is 24.0. The number of benzene rings is 4. The van der Waals surface area contributed by atoms with Gasteiger partial charge in [-0.25, -0.2) is 9.59 Å². The summed E-state index contributed by atoms with van der Waals surface area (Å²) in [4.78, 5) is 23.2. The summed E-state index contributed by atoms with van der Waals surface area (Å²) < 4.78 is 24.2. The molecule has 0 spiro atoms. The van der Waals surface area contributed by atoms with E-state index in [1.54, 1.807) is 30.3 Å². The molecular formula is C38H43I3N2O8. The molecule has 274 valence electrons. The van der Waals surface area contributed by atoms with Gasteiger partial charge in [0, 0.05) is 13.1 Å². The number of rotatable bonds is 10. The molecule has 4 N–H and O–H groups in total. The molecule has 4 rings (SSSR count). The van der Waals surface area contributed by atoms with Crippen LogP contribution in [-0.4, -0.2) is 46.7 Å². The molecule has 0 aromatic heterocycles. The number of carbonyl (C=O) groups excluding carboxylic acids is 2. The van der Waals surface area contributed by atoms with Crippen LogP contribution in [0.25, 0.3) is 0 Å². The lowest BCUT2D eigenvalue weighted by molar-refractivity contribution is 0.0517. The number of nitrogens with one attached hydrogen (secondary N) is 2. The van der Waals surface area contributed by atoms with Crippen LogP contribution in [0.15, 0.2) is 78.9 Å². The van der Waals surface area contributed by atoms with Crippen LogP contribution in [0.3, 0.4) is 0 Å². The fourth-order valence-corrected chi connectivity index (χ4v) is 6.32. The number of hydrogen-bond donors (Lipinski definition) is 4. The number of halogens is 3. The maximum atomic E-state index is 11.6. The van der Waals surface area contributed by atoms with Crippen molar-refractivity contribution in [3.63, 3.8) is 0 Å². The van der Waals surface area contributed by atoms with Gasteiger partial charge in [-0.1, -0.05) is 24.3 Å². The maximum absolute atomic E-state index is 11.6. The van der Waals surface area contributed by atoms with Crippen molar-refractivity contribution in [2.75, 3.05) is 13.1 Å². The Hall–Kier alpha value is -3.19. The van der Waals surface area contributed by atoms with Crippen molar-refractivity contribution >= 4 is 80.0 Å². The van der Waals surface area contributed by atoms with Crippen LogP contribution in [0.4, 0.5) is 9.59 Å². The predicted octanol–water partition coefficient (Wildman–Crippen LogP) is 10.3. The van der Waals surface area contributed by atoms with Gasteiger partial charge in [0.05, 0.1) is 10.7 Å². The van der Waals surface area contributed by atoms with E-state index in [2.05, 4.69) is 78.4 Å². The van der Waals surface area contributed by atoms with Crippen molar-refractivity contribution in [2.45, 2.75) is 65.6 Å². The van der Waals surface area contributed by atoms with Crippen molar-refractivity contribution in [3.05, 3.63) is 101 Å². The number of carbonyl (C=O) groups is 2. The Morgan fingerprint density at radius 3 is 1.33 bits per heavy atom. The van der Waals surface area contributed by atoms with Gasteiger partial charge in [-0.2, -0.15) is 0 Å². The van der Waals surface area contributed by atoms with Gasteiger partial charge in [0.2, 0.25) is 0 Å². The van der Waals surface area contributed by atoms with Gasteiger partial charge in [0.15, 0.2) is 0 Å². The fourth-order valence-electron chi connectivity index (χ4n) is 4.12. The van der Waals surface area contributed by atoms with E-state index in [0.717, 1.165) is 21.8 Å². The first kappa shape index (κ1) is 42.2. The van der Waals surface area contributed by atoms with Crippen molar-refractivity contribution < 1.29 is 38.7 Å². The molecule has 0 fully saturated rings. The summed E-state index contributed by atoms with van der Waals surface area (Å²) >= 11 is 6.20. The van der Waals surface area contributed by atoms with E-state index in [4.69, 9.17) is 18.9 Å². The number of phenols is 2. The molecule has 0 unspecified atom stereocenters. The standard InChI is InChI=1S/C19H21I2NO4.C19H22INO4/c1-19(2,3)26-18(24)22-9-8-12-4-6-13(7-5-12)25-14-10-15(20)17(23)16(21)11-14;1-19(2,3)25-18(23)21-11-10-13-4-6-14(7-5-13)24-15-8-9-17(22)16(20)12-15/h4-7,10-11,23H,8-9H2,1-3H3,(H,22,24);4-9,12,22H,10-11H2,1-3H3,(H,21,23). The zero-order chi connectivity index (χ0) is 37.8. The molecule has 0 radical (unpaired) electrons. The molecule has 0 aliphatic heterocycles. The molecule has 2 amide bonds. The van der Waals surface area contributed by atoms with Crippen molar-refractivity contribution in [1.29, 1.82) is 0 Å². The molecule has 0 saturated heterocycles. The minimum absolute atomic E-state index is 0.237. The summed E-state index contributed by atoms with van der Waals surface area (Å²) in [5.74, 6) is 3.28. The van der Waals surface area contributed by atoms with E-state index in [1.165, 1.54) is 0 Å². The quantitative estimate of drug-likeness (QED) is 0.115. The summed E-state index contributed by atoms with van der Waals surface area (Å²) in [6.07, 6.45) is 0.592. The van der Waals surface area contributed by atoms with E-state index in [1.807, 2.05) is 90.1 Å². The van der Waals surface area contributed by atoms with Crippen LogP contribution < -0.4 is 20.1 Å². The number of amides is 2. The molecule has 13 heteroatoms. The Bertz CT molecular complexity index is 1730. The van der Waals surface area contributed by atoms with Crippen LogP contribution in [0.2, 0.25) is 0 Å². The SMILES string of the molecule is CC(C)(C)OC(=O)NCCc1ccc(Oc2cc(I)c(O)c(I)c2)cc1.CC(C)(C)OC(=O)NCCc1ccc(Oc2ccc(O)c(I)c2)cc1. The highest BCUT2D eigenvalue weighted by molar-refractivity contribution is 14.1. The van der Waals surface area contributed by atoms with E-state index < -0.39 is 23.4 Å². The largest absolute Gasteiger partial charge is 0.507 e. The number of phenolic OH excluding ortho intramolecular Hbond substituents is 2. The third-order valence-electron chi connectivity index (χ3n) is 6.39. The molecule has 0 heterocycles. The zero-order valence-electron chi connectivity index (χ0n) is 29.3. The monoisotopic (exact) mass is 1040 g/mol. The van der Waals surface area contributed by atoms with Gasteiger partial charge < -0.3 is 39.8 Å². The average molecular weight is 1040 g/mol. The number of aromatic hydroxyl groups is 2. The highest BCUT2D eigenvalue weighted by atomic mass is 127. The first-order chi connectivity index (χ1) is 23.9. The molecule has 4 aromatic rings. The molecular weight excluding hydrogens is 993 g/mol. The smallest absolute Gasteiger partial charge is 0.407 e. The summed E-state index contributed by atoms with van der Waals surface area (Å²) in [5, 5.41) is 24.8. The first-order valence-corrected chi connectivity index (χ1v) is 19.2. The van der Waals surface area contributed by atoms with Crippen molar-refractivity contribution in [1.82, 2.24) is 10.6 Å². The van der Waals surface area contributed by atoms with E-state index >= 15 is 0 Å². The molecule has 4 aromatic carbocycles. The zero-order valence-corrected chi connectivity index (χ0v) is 35.8. The van der Waals surface area contributed by atoms with Gasteiger partial charge in [-0.3, -0.25) is 0 Å². The predicted molar refractivity (Wildman–Crippen MR) is 223 cm³/mol. The van der Waals surface area contributed by atoms with E-state index in [-0.39, 0.29) is 11.5 Å². The summed E-state index contributed by atoms with van der Waals surface area (Å²) in [5.41, 5.74) is 1.19. The lowest BCUT2D eigenvalue weighted by atomic mass is 10.1. The Morgan fingerprint density at radius 2 is 0.941 bits per heavy atom. The van der Waals surface area contributed by atoms with Crippen LogP contribution >= 0.6 is 67.8 Å². The van der Waals surface area contributed by atoms with Crippen molar-refractivity contribution in [2.24, 2.45) is 0 Å². The van der Waals surface area contributed by atoms with Gasteiger partial charge >= 0.3 is 12.2 Å². The van der Waals surface area contributed by atoms with E-state index in [9.17, 15) is 19.8 Å². The van der Waals surface area contributed by atoms with Crippen LogP contribution in [0, 0.1) is 10.7 Å². The fraction of sp³-hybridized carbons (Fsp3) is 0.316. The third-order valence-corrected chi connectivity index (χ3v) is 8.90. The van der Waals surface area contributed by atoms with Crippen LogP contribution in [-0.2, 0) is 22.3 Å². The number of alkyl carbamates (subject to hydrolysis) is 2. The molecule has 10 nitrogen and oxygen atoms in total. The molecule has 0 atom stereocenters. The molecule has 0 bridgehead atoms. The minimum Gasteiger partial charge on any atom is -0.507 e. The van der Waals surface area contributed by atoms with E-state index in [0.29, 0.717) is 48.9 Å². The second kappa shape index (κ2) is 19.6. The number of hydrogen-bond acceptors (Lipinski definition) is 8. The normalized spacial score (nSPS) is 11.1. The van der Waals surface area contributed by atoms with Crippen LogP contribution in [0.1, 0.15) is 52.7 Å². The highest BCUT2D eigenvalue weighted by Crippen LogP contribution is 2.33. The molecule has 0 aliphatic rings. The molecule has 51 heavy (non-hydrogen) atoms. The first-order valence-electron chi connectivity index (χ1n) is 16.0. The van der Waals surface area contributed by atoms with Gasteiger partial charge in [-0.05, 0) is 188 Å². The van der Waals surface area contributed by atoms with Gasteiger partial charge in [-0.15, -0.1) is 0 Å². The second-order valence-electron chi connectivity index (χ2n) is 13.2. The Labute approximate surface area is 340 Å². The second-order valence-corrected chi connectivity index (χ2v) is 16.7. The molecule has 0 aliphatic carbocycles. The minimum atomic E-state index is -0.493. The Morgan fingerprint density at radius 1 is 0.569 bits per heavy atom. The van der Waals surface area contributed by atoms with Gasteiger partial charge in [0.25, 0.3) is 0 Å². The summed E-state index contributed by atoms with van der Waals surface area (Å²) in [7, 11) is 0. The average Bonchev–Trinajstić information content (AvgIpc) is 3.02. The molecule has 0 saturated carbocycles. The van der Waals surface area contributed by atoms with Crippen molar-refractivity contribution in [3.8, 4) is 34.5 Å². The summed E-state index contributed by atoms with van der Waals surface area (Å²) in [6.45, 7) is 12.0. The van der Waals surface area contributed by atoms with Gasteiger partial charge in [0.1, 0.15) is 45.7 Å². The lowest BCUT2D eigenvalue weighted by Crippen LogP contribution is -2.33. The lowest BCUT2D eigenvalue weighted by Gasteiger charge is -2.19. The topological polar surface area (TPSA) is 136 Å².